The van der Waals surface area contributed by atoms with Crippen LogP contribution in [0.1, 0.15) is 13.8 Å². The molecule has 112 valence electrons. The Hall–Kier alpha value is -1.62. The van der Waals surface area contributed by atoms with Crippen LogP contribution in [0.5, 0.6) is 5.75 Å². The number of rotatable bonds is 7. The van der Waals surface area contributed by atoms with Gasteiger partial charge < -0.3 is 15.0 Å². The van der Waals surface area contributed by atoms with Gasteiger partial charge in [0, 0.05) is 13.1 Å². The van der Waals surface area contributed by atoms with Crippen LogP contribution in [0.25, 0.3) is 0 Å². The van der Waals surface area contributed by atoms with Gasteiger partial charge in [0.1, 0.15) is 11.6 Å². The van der Waals surface area contributed by atoms with Crippen molar-refractivity contribution in [3.05, 3.63) is 30.1 Å². The summed E-state index contributed by atoms with van der Waals surface area (Å²) in [6.07, 6.45) is 0. The molecule has 1 aromatic carbocycles. The second kappa shape index (κ2) is 7.24. The van der Waals surface area contributed by atoms with E-state index in [-0.39, 0.29) is 23.7 Å². The van der Waals surface area contributed by atoms with Crippen molar-refractivity contribution in [2.24, 2.45) is 5.41 Å². The highest BCUT2D eigenvalue weighted by molar-refractivity contribution is 5.77. The monoisotopic (exact) mass is 282 g/mol. The molecule has 1 rings (SSSR count). The molecule has 0 unspecified atom stereocenters. The van der Waals surface area contributed by atoms with Crippen LogP contribution < -0.4 is 10.1 Å². The number of hydrogen-bond acceptors (Lipinski definition) is 3. The normalized spacial score (nSPS) is 11.5. The third kappa shape index (κ3) is 6.52. The first-order valence-corrected chi connectivity index (χ1v) is 6.58. The molecule has 0 atom stereocenters. The van der Waals surface area contributed by atoms with Gasteiger partial charge in [0.2, 0.25) is 0 Å². The summed E-state index contributed by atoms with van der Waals surface area (Å²) in [4.78, 5) is 13.8. The van der Waals surface area contributed by atoms with Crippen LogP contribution in [-0.2, 0) is 4.79 Å². The van der Waals surface area contributed by atoms with Crippen LogP contribution in [-0.4, -0.2) is 44.6 Å². The molecule has 1 aromatic rings. The molecule has 0 radical (unpaired) electrons. The van der Waals surface area contributed by atoms with Crippen LogP contribution in [0.3, 0.4) is 0 Å². The summed E-state index contributed by atoms with van der Waals surface area (Å²) in [5.74, 6) is -0.0255. The topological polar surface area (TPSA) is 41.6 Å². The summed E-state index contributed by atoms with van der Waals surface area (Å²) in [7, 11) is 4.00. The van der Waals surface area contributed by atoms with Crippen molar-refractivity contribution in [3.8, 4) is 5.75 Å². The highest BCUT2D eigenvalue weighted by Crippen LogP contribution is 2.14. The number of benzene rings is 1. The first-order chi connectivity index (χ1) is 9.28. The third-order valence-electron chi connectivity index (χ3n) is 2.69. The molecule has 1 N–H and O–H groups in total. The molecule has 0 aliphatic carbocycles. The number of halogens is 1. The average Bonchev–Trinajstić information content (AvgIpc) is 2.34. The Morgan fingerprint density at radius 3 is 2.45 bits per heavy atom. The van der Waals surface area contributed by atoms with Crippen molar-refractivity contribution in [1.29, 1.82) is 0 Å². The van der Waals surface area contributed by atoms with Crippen molar-refractivity contribution in [2.75, 3.05) is 33.8 Å². The zero-order valence-corrected chi connectivity index (χ0v) is 12.6. The lowest BCUT2D eigenvalue weighted by Gasteiger charge is -2.28. The standard InChI is InChI=1S/C15H23FN2O2/c1-15(2,11-18(3)4)10-17-14(19)9-20-13-7-5-12(16)6-8-13/h5-8H,9-11H2,1-4H3,(H,17,19). The minimum absolute atomic E-state index is 0.00493. The quantitative estimate of drug-likeness (QED) is 0.830. The molecule has 0 saturated carbocycles. The van der Waals surface area contributed by atoms with E-state index in [1.54, 1.807) is 0 Å². The van der Waals surface area contributed by atoms with Crippen molar-refractivity contribution in [3.63, 3.8) is 0 Å². The fraction of sp³-hybridized carbons (Fsp3) is 0.533. The lowest BCUT2D eigenvalue weighted by atomic mass is 9.93. The molecular weight excluding hydrogens is 259 g/mol. The van der Waals surface area contributed by atoms with E-state index in [0.717, 1.165) is 6.54 Å². The molecule has 0 spiro atoms. The van der Waals surface area contributed by atoms with E-state index < -0.39 is 0 Å². The molecule has 0 bridgehead atoms. The van der Waals surface area contributed by atoms with E-state index in [1.165, 1.54) is 24.3 Å². The van der Waals surface area contributed by atoms with Gasteiger partial charge in [0.25, 0.3) is 5.91 Å². The van der Waals surface area contributed by atoms with Crippen molar-refractivity contribution in [2.45, 2.75) is 13.8 Å². The summed E-state index contributed by atoms with van der Waals surface area (Å²) < 4.78 is 18.0. The highest BCUT2D eigenvalue weighted by atomic mass is 19.1. The summed E-state index contributed by atoms with van der Waals surface area (Å²) in [6.45, 7) is 5.58. The van der Waals surface area contributed by atoms with Crippen molar-refractivity contribution < 1.29 is 13.9 Å². The fourth-order valence-electron chi connectivity index (χ4n) is 1.98. The predicted octanol–water partition coefficient (Wildman–Crippen LogP) is 1.91. The van der Waals surface area contributed by atoms with E-state index in [0.29, 0.717) is 12.3 Å². The van der Waals surface area contributed by atoms with Gasteiger partial charge in [-0.2, -0.15) is 0 Å². The van der Waals surface area contributed by atoms with Gasteiger partial charge in [-0.25, -0.2) is 4.39 Å². The molecule has 0 aromatic heterocycles. The van der Waals surface area contributed by atoms with Gasteiger partial charge >= 0.3 is 0 Å². The second-order valence-corrected chi connectivity index (χ2v) is 5.92. The lowest BCUT2D eigenvalue weighted by molar-refractivity contribution is -0.123. The van der Waals surface area contributed by atoms with Gasteiger partial charge in [0.05, 0.1) is 0 Å². The van der Waals surface area contributed by atoms with E-state index in [2.05, 4.69) is 24.1 Å². The van der Waals surface area contributed by atoms with E-state index >= 15 is 0 Å². The SMILES string of the molecule is CN(C)CC(C)(C)CNC(=O)COc1ccc(F)cc1. The molecule has 5 heteroatoms. The van der Waals surface area contributed by atoms with E-state index in [4.69, 9.17) is 4.74 Å². The van der Waals surface area contributed by atoms with Crippen molar-refractivity contribution >= 4 is 5.91 Å². The van der Waals surface area contributed by atoms with Crippen LogP contribution in [0.2, 0.25) is 0 Å². The molecule has 0 aliphatic rings. The third-order valence-corrected chi connectivity index (χ3v) is 2.69. The fourth-order valence-corrected chi connectivity index (χ4v) is 1.98. The first kappa shape index (κ1) is 16.4. The molecule has 0 heterocycles. The number of carbonyl (C=O) groups is 1. The van der Waals surface area contributed by atoms with Gasteiger partial charge in [-0.3, -0.25) is 4.79 Å². The van der Waals surface area contributed by atoms with E-state index in [9.17, 15) is 9.18 Å². The lowest BCUT2D eigenvalue weighted by Crippen LogP contribution is -2.41. The smallest absolute Gasteiger partial charge is 0.257 e. The van der Waals surface area contributed by atoms with Gasteiger partial charge in [-0.15, -0.1) is 0 Å². The number of nitrogens with one attached hydrogen (secondary N) is 1. The molecule has 0 saturated heterocycles. The Morgan fingerprint density at radius 1 is 1.30 bits per heavy atom. The Kier molecular flexibility index (Phi) is 5.95. The summed E-state index contributed by atoms with van der Waals surface area (Å²) in [5, 5.41) is 2.85. The number of amides is 1. The molecular formula is C15H23FN2O2. The minimum atomic E-state index is -0.327. The molecule has 4 nitrogen and oxygen atoms in total. The average molecular weight is 282 g/mol. The van der Waals surface area contributed by atoms with Crippen LogP contribution in [0.4, 0.5) is 4.39 Å². The molecule has 0 fully saturated rings. The zero-order chi connectivity index (χ0) is 15.2. The Labute approximate surface area is 119 Å². The van der Waals surface area contributed by atoms with Gasteiger partial charge in [-0.05, 0) is 43.8 Å². The van der Waals surface area contributed by atoms with Crippen molar-refractivity contribution in [1.82, 2.24) is 10.2 Å². The van der Waals surface area contributed by atoms with Gasteiger partial charge in [-0.1, -0.05) is 13.8 Å². The molecule has 1 amide bonds. The zero-order valence-electron chi connectivity index (χ0n) is 12.6. The van der Waals surface area contributed by atoms with Crippen LogP contribution in [0.15, 0.2) is 24.3 Å². The van der Waals surface area contributed by atoms with Gasteiger partial charge in [0.15, 0.2) is 6.61 Å². The number of ether oxygens (including phenoxy) is 1. The highest BCUT2D eigenvalue weighted by Gasteiger charge is 2.19. The second-order valence-electron chi connectivity index (χ2n) is 5.92. The van der Waals surface area contributed by atoms with Crippen LogP contribution in [0, 0.1) is 11.2 Å². The first-order valence-electron chi connectivity index (χ1n) is 6.58. The largest absolute Gasteiger partial charge is 0.484 e. The number of nitrogens with zero attached hydrogens (tertiary/aromatic N) is 1. The van der Waals surface area contributed by atoms with Crippen LogP contribution >= 0.6 is 0 Å². The maximum absolute atomic E-state index is 12.7. The Bertz CT molecular complexity index is 430. The maximum Gasteiger partial charge on any atom is 0.257 e. The summed E-state index contributed by atoms with van der Waals surface area (Å²) >= 11 is 0. The number of hydrogen-bond donors (Lipinski definition) is 1. The predicted molar refractivity (Wildman–Crippen MR) is 77.2 cm³/mol. The maximum atomic E-state index is 12.7. The molecule has 20 heavy (non-hydrogen) atoms. The van der Waals surface area contributed by atoms with E-state index in [1.807, 2.05) is 14.1 Å². The summed E-state index contributed by atoms with van der Waals surface area (Å²) in [5.41, 5.74) is -0.00493. The molecule has 0 aliphatic heterocycles. The summed E-state index contributed by atoms with van der Waals surface area (Å²) in [6, 6.07) is 5.60. The minimum Gasteiger partial charge on any atom is -0.484 e. The Morgan fingerprint density at radius 2 is 1.90 bits per heavy atom. The Balaban J connectivity index is 2.32. The number of carbonyl (C=O) groups excluding carboxylic acids is 1.